The van der Waals surface area contributed by atoms with E-state index in [0.29, 0.717) is 5.69 Å². The minimum absolute atomic E-state index is 0.0296. The molecule has 0 unspecified atom stereocenters. The van der Waals surface area contributed by atoms with Gasteiger partial charge in [0, 0.05) is 18.3 Å². The number of nitriles is 1. The van der Waals surface area contributed by atoms with Crippen molar-refractivity contribution in [3.8, 4) is 11.8 Å². The van der Waals surface area contributed by atoms with Gasteiger partial charge in [0.1, 0.15) is 12.2 Å². The fourth-order valence-electron chi connectivity index (χ4n) is 1.66. The van der Waals surface area contributed by atoms with Gasteiger partial charge >= 0.3 is 0 Å². The number of benzene rings is 1. The van der Waals surface area contributed by atoms with Crippen LogP contribution < -0.4 is 10.9 Å². The quantitative estimate of drug-likeness (QED) is 0.925. The Labute approximate surface area is 113 Å². The van der Waals surface area contributed by atoms with E-state index in [1.54, 1.807) is 18.2 Å². The van der Waals surface area contributed by atoms with Gasteiger partial charge in [0.25, 0.3) is 5.56 Å². The number of pyridine rings is 1. The highest BCUT2D eigenvalue weighted by atomic mass is 19.1. The smallest absolute Gasteiger partial charge is 0.255 e. The highest BCUT2D eigenvalue weighted by molar-refractivity contribution is 5.92. The van der Waals surface area contributed by atoms with Crippen LogP contribution in [0.15, 0.2) is 47.4 Å². The number of carbonyl (C=O) groups is 1. The molecule has 5 nitrogen and oxygen atoms in total. The highest BCUT2D eigenvalue weighted by Gasteiger charge is 2.08. The molecule has 0 aliphatic heterocycles. The van der Waals surface area contributed by atoms with Gasteiger partial charge in [-0.2, -0.15) is 5.26 Å². The third-order valence-electron chi connectivity index (χ3n) is 2.57. The van der Waals surface area contributed by atoms with Gasteiger partial charge in [-0.3, -0.25) is 14.2 Å². The van der Waals surface area contributed by atoms with Crippen LogP contribution in [-0.4, -0.2) is 10.5 Å². The van der Waals surface area contributed by atoms with E-state index in [1.165, 1.54) is 29.0 Å². The highest BCUT2D eigenvalue weighted by Crippen LogP contribution is 2.17. The van der Waals surface area contributed by atoms with Crippen LogP contribution in [0.5, 0.6) is 0 Å². The molecule has 0 bridgehead atoms. The molecule has 0 atom stereocenters. The summed E-state index contributed by atoms with van der Waals surface area (Å²) in [6, 6.07) is 10.3. The van der Waals surface area contributed by atoms with Gasteiger partial charge in [-0.1, -0.05) is 6.07 Å². The van der Waals surface area contributed by atoms with Crippen molar-refractivity contribution >= 4 is 11.6 Å². The van der Waals surface area contributed by atoms with Gasteiger partial charge in [0.15, 0.2) is 0 Å². The second-order valence-electron chi connectivity index (χ2n) is 3.96. The molecule has 0 fully saturated rings. The molecule has 1 aromatic heterocycles. The number of halogens is 1. The summed E-state index contributed by atoms with van der Waals surface area (Å²) in [4.78, 5) is 22.8. The summed E-state index contributed by atoms with van der Waals surface area (Å²) in [5.41, 5.74) is 0.0394. The first-order valence-electron chi connectivity index (χ1n) is 5.76. The molecule has 0 saturated carbocycles. The Morgan fingerprint density at radius 1 is 1.35 bits per heavy atom. The monoisotopic (exact) mass is 271 g/mol. The third kappa shape index (κ3) is 2.90. The van der Waals surface area contributed by atoms with E-state index in [4.69, 9.17) is 5.26 Å². The van der Waals surface area contributed by atoms with E-state index < -0.39 is 11.7 Å². The van der Waals surface area contributed by atoms with E-state index in [9.17, 15) is 14.0 Å². The van der Waals surface area contributed by atoms with Gasteiger partial charge in [0.2, 0.25) is 5.91 Å². The molecule has 0 aliphatic carbocycles. The summed E-state index contributed by atoms with van der Waals surface area (Å²) in [7, 11) is 0. The predicted molar refractivity (Wildman–Crippen MR) is 70.9 cm³/mol. The number of rotatable bonds is 3. The number of carbonyl (C=O) groups excluding carboxylic acids is 1. The molecule has 2 rings (SSSR count). The molecule has 0 saturated heterocycles. The second kappa shape index (κ2) is 5.80. The summed E-state index contributed by atoms with van der Waals surface area (Å²) < 4.78 is 15.1. The minimum atomic E-state index is -0.676. The first kappa shape index (κ1) is 13.5. The maximum Gasteiger partial charge on any atom is 0.255 e. The van der Waals surface area contributed by atoms with Crippen LogP contribution in [0, 0.1) is 17.1 Å². The molecule has 1 heterocycles. The van der Waals surface area contributed by atoms with Crippen molar-refractivity contribution in [2.75, 3.05) is 5.32 Å². The normalized spacial score (nSPS) is 9.80. The number of hydrogen-bond acceptors (Lipinski definition) is 3. The van der Waals surface area contributed by atoms with Crippen molar-refractivity contribution in [1.29, 1.82) is 5.26 Å². The standard InChI is InChI=1S/C14H10FN3O2/c15-11-9-10(18-8-2-1-3-14(18)20)4-5-12(11)17-13(19)6-7-16/h1-5,8-9H,6H2,(H,17,19). The van der Waals surface area contributed by atoms with E-state index in [0.717, 1.165) is 6.07 Å². The van der Waals surface area contributed by atoms with Gasteiger partial charge in [0.05, 0.1) is 17.4 Å². The molecule has 1 amide bonds. The Morgan fingerprint density at radius 3 is 2.80 bits per heavy atom. The summed E-state index contributed by atoms with van der Waals surface area (Å²) in [5.74, 6) is -1.26. The number of nitrogens with zero attached hydrogens (tertiary/aromatic N) is 2. The van der Waals surface area contributed by atoms with Gasteiger partial charge < -0.3 is 5.32 Å². The largest absolute Gasteiger partial charge is 0.323 e. The lowest BCUT2D eigenvalue weighted by atomic mass is 10.2. The van der Waals surface area contributed by atoms with Gasteiger partial charge in [-0.05, 0) is 18.2 Å². The van der Waals surface area contributed by atoms with E-state index >= 15 is 0 Å². The molecule has 1 aromatic carbocycles. The lowest BCUT2D eigenvalue weighted by Gasteiger charge is -2.08. The Hall–Kier alpha value is -2.94. The van der Waals surface area contributed by atoms with Crippen molar-refractivity contribution < 1.29 is 9.18 Å². The average Bonchev–Trinajstić information content (AvgIpc) is 2.42. The van der Waals surface area contributed by atoms with Crippen LogP contribution in [0.3, 0.4) is 0 Å². The number of hydrogen-bond donors (Lipinski definition) is 1. The first-order valence-corrected chi connectivity index (χ1v) is 5.76. The summed E-state index contributed by atoms with van der Waals surface area (Å²) in [6.07, 6.45) is 1.17. The fourth-order valence-corrected chi connectivity index (χ4v) is 1.66. The molecule has 100 valence electrons. The zero-order valence-electron chi connectivity index (χ0n) is 10.3. The predicted octanol–water partition coefficient (Wildman–Crippen LogP) is 1.83. The van der Waals surface area contributed by atoms with Crippen LogP contribution in [0.2, 0.25) is 0 Å². The SMILES string of the molecule is N#CCC(=O)Nc1ccc(-n2ccccc2=O)cc1F. The Balaban J connectivity index is 2.31. The molecular formula is C14H10FN3O2. The number of nitrogens with one attached hydrogen (secondary N) is 1. The molecule has 0 aliphatic rings. The minimum Gasteiger partial charge on any atom is -0.323 e. The topological polar surface area (TPSA) is 74.9 Å². The Bertz CT molecular complexity index is 747. The molecule has 1 N–H and O–H groups in total. The van der Waals surface area contributed by atoms with Crippen LogP contribution in [0.25, 0.3) is 5.69 Å². The molecule has 0 radical (unpaired) electrons. The molecule has 20 heavy (non-hydrogen) atoms. The van der Waals surface area contributed by atoms with Crippen molar-refractivity contribution in [1.82, 2.24) is 4.57 Å². The van der Waals surface area contributed by atoms with Crippen LogP contribution in [0.1, 0.15) is 6.42 Å². The lowest BCUT2D eigenvalue weighted by Crippen LogP contribution is -2.16. The van der Waals surface area contributed by atoms with E-state index in [1.807, 2.05) is 0 Å². The van der Waals surface area contributed by atoms with E-state index in [2.05, 4.69) is 5.32 Å². The Morgan fingerprint density at radius 2 is 2.15 bits per heavy atom. The first-order chi connectivity index (χ1) is 9.61. The van der Waals surface area contributed by atoms with Gasteiger partial charge in [-0.15, -0.1) is 0 Å². The fraction of sp³-hybridized carbons (Fsp3) is 0.0714. The van der Waals surface area contributed by atoms with Gasteiger partial charge in [-0.25, -0.2) is 4.39 Å². The van der Waals surface area contributed by atoms with E-state index in [-0.39, 0.29) is 17.7 Å². The van der Waals surface area contributed by atoms with Crippen LogP contribution in [0.4, 0.5) is 10.1 Å². The van der Waals surface area contributed by atoms with Crippen molar-refractivity contribution in [2.45, 2.75) is 6.42 Å². The average molecular weight is 271 g/mol. The maximum atomic E-state index is 13.9. The molecular weight excluding hydrogens is 261 g/mol. The van der Waals surface area contributed by atoms with Crippen molar-refractivity contribution in [3.05, 3.63) is 58.8 Å². The zero-order chi connectivity index (χ0) is 14.5. The van der Waals surface area contributed by atoms with Crippen LogP contribution in [-0.2, 0) is 4.79 Å². The third-order valence-corrected chi connectivity index (χ3v) is 2.57. The molecule has 0 spiro atoms. The summed E-state index contributed by atoms with van der Waals surface area (Å²) in [5, 5.41) is 10.6. The maximum absolute atomic E-state index is 13.9. The number of anilines is 1. The van der Waals surface area contributed by atoms with Crippen molar-refractivity contribution in [3.63, 3.8) is 0 Å². The van der Waals surface area contributed by atoms with Crippen LogP contribution >= 0.6 is 0 Å². The molecule has 6 heteroatoms. The Kier molecular flexibility index (Phi) is 3.91. The zero-order valence-corrected chi connectivity index (χ0v) is 10.3. The summed E-state index contributed by atoms with van der Waals surface area (Å²) >= 11 is 0. The lowest BCUT2D eigenvalue weighted by molar-refractivity contribution is -0.115. The summed E-state index contributed by atoms with van der Waals surface area (Å²) in [6.45, 7) is 0. The van der Waals surface area contributed by atoms with Crippen molar-refractivity contribution in [2.24, 2.45) is 0 Å². The number of amides is 1. The number of aromatic nitrogens is 1. The second-order valence-corrected chi connectivity index (χ2v) is 3.96. The molecule has 2 aromatic rings.